The molecule has 0 bridgehead atoms. The van der Waals surface area contributed by atoms with Crippen LogP contribution in [0.5, 0.6) is 0 Å². The van der Waals surface area contributed by atoms with E-state index in [4.69, 9.17) is 0 Å². The van der Waals surface area contributed by atoms with Gasteiger partial charge in [-0.1, -0.05) is 0 Å². The number of hydrogen-bond donors (Lipinski definition) is 1. The van der Waals surface area contributed by atoms with Crippen molar-refractivity contribution in [3.63, 3.8) is 0 Å². The van der Waals surface area contributed by atoms with Crippen molar-refractivity contribution in [1.29, 1.82) is 0 Å². The van der Waals surface area contributed by atoms with Crippen molar-refractivity contribution in [1.82, 2.24) is 0 Å². The lowest BCUT2D eigenvalue weighted by Gasteiger charge is -1.92. The molecule has 0 aromatic carbocycles. The van der Waals surface area contributed by atoms with E-state index in [-0.39, 0.29) is 0 Å². The van der Waals surface area contributed by atoms with Gasteiger partial charge in [-0.3, -0.25) is 0 Å². The van der Waals surface area contributed by atoms with Crippen molar-refractivity contribution >= 4 is 26.6 Å². The third-order valence-corrected chi connectivity index (χ3v) is 1.49. The Morgan fingerprint density at radius 1 is 1.43 bits per heavy atom. The Balaban J connectivity index is 4.08. The Kier molecular flexibility index (Phi) is 2.12. The van der Waals surface area contributed by atoms with E-state index in [1.165, 1.54) is 0 Å². The largest absolute Gasteiger partial charge is 0.397 e. The molecule has 0 aliphatic carbocycles. The fraction of sp³-hybridized carbons (Fsp3) is 1.00. The van der Waals surface area contributed by atoms with Gasteiger partial charge in [0.1, 0.15) is 0 Å². The Labute approximate surface area is 48.6 Å². The monoisotopic (exact) mass is 194 g/mol. The van der Waals surface area contributed by atoms with E-state index in [1.807, 2.05) is 0 Å². The van der Waals surface area contributed by atoms with Crippen LogP contribution in [0.1, 0.15) is 0 Å². The molecule has 0 rings (SSSR count). The predicted molar refractivity (Wildman–Crippen MR) is 24.2 cm³/mol. The van der Waals surface area contributed by atoms with Gasteiger partial charge in [0.05, 0.1) is 0 Å². The zero-order valence-corrected chi connectivity index (χ0v) is 5.38. The van der Waals surface area contributed by atoms with E-state index in [1.54, 1.807) is 15.9 Å². The molecule has 6 heteroatoms. The van der Waals surface area contributed by atoms with Crippen LogP contribution < -0.4 is 0 Å². The van der Waals surface area contributed by atoms with Crippen LogP contribution in [0.4, 0.5) is 8.78 Å². The van der Waals surface area contributed by atoms with E-state index in [0.29, 0.717) is 0 Å². The van der Waals surface area contributed by atoms with Gasteiger partial charge >= 0.3 is 4.16 Å². The second-order valence-electron chi connectivity index (χ2n) is 0.725. The van der Waals surface area contributed by atoms with Gasteiger partial charge in [0, 0.05) is 15.9 Å². The molecular weight excluding hydrogens is 194 g/mol. The molecule has 0 heterocycles. The molecule has 0 saturated heterocycles. The van der Waals surface area contributed by atoms with Crippen molar-refractivity contribution in [3.05, 3.63) is 0 Å². The number of alkyl halides is 3. The van der Waals surface area contributed by atoms with Gasteiger partial charge in [0.2, 0.25) is 10.7 Å². The first-order valence-electron chi connectivity index (χ1n) is 1.16. The summed E-state index contributed by atoms with van der Waals surface area (Å²) in [5, 5.41) is 0. The lowest BCUT2D eigenvalue weighted by Crippen LogP contribution is -2.05. The summed E-state index contributed by atoms with van der Waals surface area (Å²) in [7, 11) is -3.66. The summed E-state index contributed by atoms with van der Waals surface area (Å²) in [5.74, 6) is 0. The van der Waals surface area contributed by atoms with Crippen molar-refractivity contribution in [3.8, 4) is 0 Å². The number of halogens is 3. The van der Waals surface area contributed by atoms with Crippen molar-refractivity contribution in [2.24, 2.45) is 0 Å². The zero-order chi connectivity index (χ0) is 6.08. The summed E-state index contributed by atoms with van der Waals surface area (Å²) in [6.07, 6.45) is 0. The van der Waals surface area contributed by atoms with Gasteiger partial charge in [-0.15, -0.1) is 0 Å². The number of thiol groups is 1. The summed E-state index contributed by atoms with van der Waals surface area (Å²) in [5.41, 5.74) is 0. The smallest absolute Gasteiger partial charge is 0.225 e. The zero-order valence-electron chi connectivity index (χ0n) is 2.90. The third-order valence-electron chi connectivity index (χ3n) is 0.207. The summed E-state index contributed by atoms with van der Waals surface area (Å²) >= 11 is 1.61. The normalized spacial score (nSPS) is 12.6. The minimum atomic E-state index is -3.73. The molecule has 0 saturated carbocycles. The van der Waals surface area contributed by atoms with Gasteiger partial charge in [-0.25, -0.2) is 8.42 Å². The third kappa shape index (κ3) is 2.93. The molecule has 0 aromatic rings. The van der Waals surface area contributed by atoms with E-state index in [2.05, 4.69) is 0 Å². The van der Waals surface area contributed by atoms with E-state index >= 15 is 0 Å². The van der Waals surface area contributed by atoms with Gasteiger partial charge < -0.3 is 0 Å². The molecule has 44 valence electrons. The quantitative estimate of drug-likeness (QED) is 0.489. The molecule has 0 fully saturated rings. The lowest BCUT2D eigenvalue weighted by atomic mass is 11.7. The molecular formula is CHBrF2O2S. The van der Waals surface area contributed by atoms with E-state index < -0.39 is 14.9 Å². The maximum absolute atomic E-state index is 11.2. The second kappa shape index (κ2) is 2.04. The Morgan fingerprint density at radius 3 is 1.57 bits per heavy atom. The van der Waals surface area contributed by atoms with Crippen molar-refractivity contribution in [2.75, 3.05) is 0 Å². The molecule has 0 aliphatic rings. The van der Waals surface area contributed by atoms with Crippen LogP contribution >= 0.6 is 15.9 Å². The van der Waals surface area contributed by atoms with Crippen molar-refractivity contribution < 1.29 is 17.2 Å². The highest BCUT2D eigenvalue weighted by atomic mass is 79.9. The first-order valence-corrected chi connectivity index (χ1v) is 3.13. The van der Waals surface area contributed by atoms with Gasteiger partial charge in [0.25, 0.3) is 0 Å². The van der Waals surface area contributed by atoms with Crippen LogP contribution in [-0.4, -0.2) is 12.6 Å². The average Bonchev–Trinajstić information content (AvgIpc) is 1.31. The minimum absolute atomic E-state index is 1.61. The molecule has 0 aromatic heterocycles. The highest BCUT2D eigenvalue weighted by Crippen LogP contribution is 2.21. The molecule has 0 unspecified atom stereocenters. The minimum Gasteiger partial charge on any atom is -0.225 e. The Hall–Kier alpha value is 0.290. The van der Waals surface area contributed by atoms with E-state index in [9.17, 15) is 17.2 Å². The van der Waals surface area contributed by atoms with E-state index in [0.717, 1.165) is 0 Å². The fourth-order valence-electron chi connectivity index (χ4n) is 0. The summed E-state index contributed by atoms with van der Waals surface area (Å²) in [6, 6.07) is 0. The van der Waals surface area contributed by atoms with Crippen LogP contribution in [0, 0.1) is 0 Å². The van der Waals surface area contributed by atoms with Crippen LogP contribution in [0.3, 0.4) is 0 Å². The molecule has 0 N–H and O–H groups in total. The number of rotatable bonds is 1. The molecule has 7 heavy (non-hydrogen) atoms. The summed E-state index contributed by atoms with van der Waals surface area (Å²) in [4.78, 5) is 0. The molecule has 0 atom stereocenters. The van der Waals surface area contributed by atoms with Crippen molar-refractivity contribution in [2.45, 2.75) is 4.16 Å². The van der Waals surface area contributed by atoms with Gasteiger partial charge in [-0.05, 0) is 0 Å². The predicted octanol–water partition coefficient (Wildman–Crippen LogP) is 0.543. The SMILES string of the molecule is O=[SH](=O)C(F)(F)Br. The van der Waals surface area contributed by atoms with Gasteiger partial charge in [-0.2, -0.15) is 8.78 Å². The first-order chi connectivity index (χ1) is 2.94. The fourth-order valence-corrected chi connectivity index (χ4v) is 0. The Bertz CT molecular complexity index is 116. The molecule has 0 radical (unpaired) electrons. The average molecular weight is 195 g/mol. The molecule has 0 aliphatic heterocycles. The second-order valence-corrected chi connectivity index (χ2v) is 3.41. The molecule has 2 nitrogen and oxygen atoms in total. The summed E-state index contributed by atoms with van der Waals surface area (Å²) in [6.45, 7) is 0. The van der Waals surface area contributed by atoms with Crippen LogP contribution in [0.25, 0.3) is 0 Å². The number of hydrogen-bond acceptors (Lipinski definition) is 2. The lowest BCUT2D eigenvalue weighted by molar-refractivity contribution is 0.209. The highest BCUT2D eigenvalue weighted by Gasteiger charge is 2.27. The van der Waals surface area contributed by atoms with Crippen LogP contribution in [0.15, 0.2) is 0 Å². The topological polar surface area (TPSA) is 34.1 Å². The Morgan fingerprint density at radius 2 is 1.57 bits per heavy atom. The highest BCUT2D eigenvalue weighted by molar-refractivity contribution is 9.11. The van der Waals surface area contributed by atoms with Crippen LogP contribution in [-0.2, 0) is 10.7 Å². The molecule has 0 spiro atoms. The summed E-state index contributed by atoms with van der Waals surface area (Å²) < 4.78 is 37.1. The standard InChI is InChI=1S/CHBrF2O2S/c2-1(3,4)7(5)6/h7H. The van der Waals surface area contributed by atoms with Gasteiger partial charge in [0.15, 0.2) is 0 Å². The maximum Gasteiger partial charge on any atom is 0.397 e. The molecule has 0 amide bonds. The first kappa shape index (κ1) is 7.29. The van der Waals surface area contributed by atoms with Crippen LogP contribution in [0.2, 0.25) is 0 Å². The maximum atomic E-state index is 11.2.